The fourth-order valence-corrected chi connectivity index (χ4v) is 2.94. The zero-order valence-electron chi connectivity index (χ0n) is 11.6. The Morgan fingerprint density at radius 3 is 3.05 bits per heavy atom. The molecule has 3 rings (SSSR count). The first-order valence-corrected chi connectivity index (χ1v) is 7.39. The molecule has 0 aliphatic carbocycles. The standard InChI is InChI=1S/C15H15N3O2S/c1-10-7-13-14(21-10)17-9-18(15(13)19)5-6-20-12-4-2-3-11(16)8-12/h2-4,7-9H,5-6,16H2,1H3. The molecule has 1 aromatic carbocycles. The lowest BCUT2D eigenvalue weighted by molar-refractivity contribution is 0.296. The summed E-state index contributed by atoms with van der Waals surface area (Å²) >= 11 is 1.53. The summed E-state index contributed by atoms with van der Waals surface area (Å²) in [6.45, 7) is 2.81. The third-order valence-corrected chi connectivity index (χ3v) is 4.06. The molecule has 0 aliphatic rings. The first-order chi connectivity index (χ1) is 10.1. The van der Waals surface area contributed by atoms with Crippen LogP contribution in [0.3, 0.4) is 0 Å². The summed E-state index contributed by atoms with van der Waals surface area (Å²) in [5.41, 5.74) is 6.31. The van der Waals surface area contributed by atoms with Crippen molar-refractivity contribution in [3.63, 3.8) is 0 Å². The van der Waals surface area contributed by atoms with Crippen LogP contribution in [0.15, 0.2) is 41.5 Å². The van der Waals surface area contributed by atoms with E-state index in [0.29, 0.717) is 30.0 Å². The van der Waals surface area contributed by atoms with Crippen LogP contribution in [0.4, 0.5) is 5.69 Å². The van der Waals surface area contributed by atoms with Crippen molar-refractivity contribution in [2.45, 2.75) is 13.5 Å². The van der Waals surface area contributed by atoms with Gasteiger partial charge in [-0.15, -0.1) is 11.3 Å². The van der Waals surface area contributed by atoms with Crippen LogP contribution in [0.2, 0.25) is 0 Å². The van der Waals surface area contributed by atoms with Gasteiger partial charge in [0, 0.05) is 16.6 Å². The molecule has 0 fully saturated rings. The number of hydrogen-bond acceptors (Lipinski definition) is 5. The molecule has 0 radical (unpaired) electrons. The smallest absolute Gasteiger partial charge is 0.262 e. The lowest BCUT2D eigenvalue weighted by Crippen LogP contribution is -2.23. The summed E-state index contributed by atoms with van der Waals surface area (Å²) < 4.78 is 7.17. The van der Waals surface area contributed by atoms with Gasteiger partial charge in [0.1, 0.15) is 17.2 Å². The van der Waals surface area contributed by atoms with E-state index in [4.69, 9.17) is 10.5 Å². The Hall–Kier alpha value is -2.34. The minimum absolute atomic E-state index is 0.0273. The van der Waals surface area contributed by atoms with E-state index in [1.54, 1.807) is 23.0 Å². The van der Waals surface area contributed by atoms with Gasteiger partial charge in [-0.1, -0.05) is 6.07 Å². The second-order valence-corrected chi connectivity index (χ2v) is 5.97. The van der Waals surface area contributed by atoms with Gasteiger partial charge < -0.3 is 10.5 Å². The second-order valence-electron chi connectivity index (χ2n) is 4.74. The van der Waals surface area contributed by atoms with Crippen LogP contribution in [0, 0.1) is 6.92 Å². The van der Waals surface area contributed by atoms with Crippen molar-refractivity contribution < 1.29 is 4.74 Å². The summed E-state index contributed by atoms with van der Waals surface area (Å²) in [6.07, 6.45) is 1.57. The maximum atomic E-state index is 12.3. The van der Waals surface area contributed by atoms with Crippen LogP contribution in [-0.2, 0) is 6.54 Å². The molecule has 6 heteroatoms. The van der Waals surface area contributed by atoms with Crippen molar-refractivity contribution >= 4 is 27.2 Å². The van der Waals surface area contributed by atoms with Gasteiger partial charge in [0.25, 0.3) is 5.56 Å². The summed E-state index contributed by atoms with van der Waals surface area (Å²) in [5.74, 6) is 0.698. The average Bonchev–Trinajstić information content (AvgIpc) is 2.83. The number of aryl methyl sites for hydroxylation is 1. The predicted molar refractivity (Wildman–Crippen MR) is 85.0 cm³/mol. The molecule has 21 heavy (non-hydrogen) atoms. The van der Waals surface area contributed by atoms with E-state index < -0.39 is 0 Å². The Kier molecular flexibility index (Phi) is 3.62. The molecule has 0 amide bonds. The highest BCUT2D eigenvalue weighted by Crippen LogP contribution is 2.19. The van der Waals surface area contributed by atoms with Crippen LogP contribution >= 0.6 is 11.3 Å². The largest absolute Gasteiger partial charge is 0.492 e. The number of rotatable bonds is 4. The summed E-state index contributed by atoms with van der Waals surface area (Å²) in [7, 11) is 0. The lowest BCUT2D eigenvalue weighted by atomic mass is 10.3. The highest BCUT2D eigenvalue weighted by Gasteiger charge is 2.07. The van der Waals surface area contributed by atoms with E-state index in [0.717, 1.165) is 9.71 Å². The van der Waals surface area contributed by atoms with E-state index in [-0.39, 0.29) is 5.56 Å². The molecular weight excluding hydrogens is 286 g/mol. The van der Waals surface area contributed by atoms with E-state index in [1.165, 1.54) is 11.3 Å². The fourth-order valence-electron chi connectivity index (χ4n) is 2.11. The molecule has 108 valence electrons. The molecule has 0 spiro atoms. The number of thiophene rings is 1. The Bertz CT molecular complexity index is 838. The van der Waals surface area contributed by atoms with Crippen LogP contribution in [-0.4, -0.2) is 16.2 Å². The molecule has 0 saturated carbocycles. The van der Waals surface area contributed by atoms with Gasteiger partial charge in [-0.25, -0.2) is 4.98 Å². The van der Waals surface area contributed by atoms with Crippen LogP contribution in [0.25, 0.3) is 10.2 Å². The van der Waals surface area contributed by atoms with Crippen LogP contribution in [0.1, 0.15) is 4.88 Å². The molecule has 2 aromatic heterocycles. The number of anilines is 1. The quantitative estimate of drug-likeness (QED) is 0.751. The SMILES string of the molecule is Cc1cc2c(=O)n(CCOc3cccc(N)c3)cnc2s1. The Morgan fingerprint density at radius 1 is 1.38 bits per heavy atom. The Labute approximate surface area is 125 Å². The molecule has 2 heterocycles. The predicted octanol–water partition coefficient (Wildman–Crippen LogP) is 2.43. The number of ether oxygens (including phenoxy) is 1. The van der Waals surface area contributed by atoms with Crippen molar-refractivity contribution in [3.05, 3.63) is 51.9 Å². The van der Waals surface area contributed by atoms with Crippen molar-refractivity contribution in [3.8, 4) is 5.75 Å². The number of nitrogens with two attached hydrogens (primary N) is 1. The number of nitrogen functional groups attached to an aromatic ring is 1. The number of hydrogen-bond donors (Lipinski definition) is 1. The highest BCUT2D eigenvalue weighted by atomic mass is 32.1. The molecule has 3 aromatic rings. The fraction of sp³-hybridized carbons (Fsp3) is 0.200. The second kappa shape index (κ2) is 5.57. The van der Waals surface area contributed by atoms with Crippen LogP contribution in [0.5, 0.6) is 5.75 Å². The minimum atomic E-state index is -0.0273. The highest BCUT2D eigenvalue weighted by molar-refractivity contribution is 7.18. The maximum Gasteiger partial charge on any atom is 0.262 e. The zero-order valence-corrected chi connectivity index (χ0v) is 12.4. The molecule has 0 unspecified atom stereocenters. The van der Waals surface area contributed by atoms with Gasteiger partial charge in [-0.2, -0.15) is 0 Å². The van der Waals surface area contributed by atoms with Gasteiger partial charge in [-0.05, 0) is 25.1 Å². The monoisotopic (exact) mass is 301 g/mol. The number of benzene rings is 1. The Morgan fingerprint density at radius 2 is 2.24 bits per heavy atom. The third kappa shape index (κ3) is 2.90. The van der Waals surface area contributed by atoms with E-state index in [2.05, 4.69) is 4.98 Å². The topological polar surface area (TPSA) is 70.1 Å². The van der Waals surface area contributed by atoms with Crippen molar-refractivity contribution in [1.29, 1.82) is 0 Å². The molecular formula is C15H15N3O2S. The van der Waals surface area contributed by atoms with Gasteiger partial charge in [0.2, 0.25) is 0 Å². The van der Waals surface area contributed by atoms with Gasteiger partial charge >= 0.3 is 0 Å². The van der Waals surface area contributed by atoms with Crippen LogP contribution < -0.4 is 16.0 Å². The molecule has 0 aliphatic heterocycles. The number of aromatic nitrogens is 2. The van der Waals surface area contributed by atoms with E-state index in [9.17, 15) is 4.79 Å². The summed E-state index contributed by atoms with van der Waals surface area (Å²) in [6, 6.07) is 9.10. The molecule has 0 bridgehead atoms. The van der Waals surface area contributed by atoms with Crippen molar-refractivity contribution in [2.75, 3.05) is 12.3 Å². The maximum absolute atomic E-state index is 12.3. The number of nitrogens with zero attached hydrogens (tertiary/aromatic N) is 2. The molecule has 5 nitrogen and oxygen atoms in total. The number of fused-ring (bicyclic) bond motifs is 1. The van der Waals surface area contributed by atoms with E-state index >= 15 is 0 Å². The molecule has 2 N–H and O–H groups in total. The first kappa shape index (κ1) is 13.6. The summed E-state index contributed by atoms with van der Waals surface area (Å²) in [5, 5.41) is 0.670. The average molecular weight is 301 g/mol. The first-order valence-electron chi connectivity index (χ1n) is 6.57. The normalized spacial score (nSPS) is 10.9. The summed E-state index contributed by atoms with van der Waals surface area (Å²) in [4.78, 5) is 18.5. The van der Waals surface area contributed by atoms with Gasteiger partial charge in [0.05, 0.1) is 18.3 Å². The zero-order chi connectivity index (χ0) is 14.8. The van der Waals surface area contributed by atoms with Gasteiger partial charge in [0.15, 0.2) is 0 Å². The molecule has 0 saturated heterocycles. The van der Waals surface area contributed by atoms with E-state index in [1.807, 2.05) is 25.1 Å². The van der Waals surface area contributed by atoms with Crippen molar-refractivity contribution in [1.82, 2.24) is 9.55 Å². The minimum Gasteiger partial charge on any atom is -0.492 e. The van der Waals surface area contributed by atoms with Crippen molar-refractivity contribution in [2.24, 2.45) is 0 Å². The third-order valence-electron chi connectivity index (χ3n) is 3.10. The Balaban J connectivity index is 1.73. The van der Waals surface area contributed by atoms with Gasteiger partial charge in [-0.3, -0.25) is 9.36 Å². The molecule has 0 atom stereocenters. The lowest BCUT2D eigenvalue weighted by Gasteiger charge is -2.08.